The highest BCUT2D eigenvalue weighted by Gasteiger charge is 2.19. The first-order valence-corrected chi connectivity index (χ1v) is 10.5. The Kier molecular flexibility index (Phi) is 6.48. The van der Waals surface area contributed by atoms with E-state index in [0.717, 1.165) is 25.7 Å². The van der Waals surface area contributed by atoms with Crippen LogP contribution >= 0.6 is 0 Å². The van der Waals surface area contributed by atoms with E-state index in [1.165, 1.54) is 30.5 Å². The number of amides is 1. The summed E-state index contributed by atoms with van der Waals surface area (Å²) in [5.41, 5.74) is 0.165. The van der Waals surface area contributed by atoms with E-state index in [1.807, 2.05) is 0 Å². The fourth-order valence-electron chi connectivity index (χ4n) is 2.99. The molecule has 2 aromatic rings. The maximum Gasteiger partial charge on any atom is 0.338 e. The lowest BCUT2D eigenvalue weighted by atomic mass is 10.2. The van der Waals surface area contributed by atoms with Gasteiger partial charge in [-0.15, -0.1) is 0 Å². The molecule has 28 heavy (non-hydrogen) atoms. The lowest BCUT2D eigenvalue weighted by Crippen LogP contribution is -2.35. The van der Waals surface area contributed by atoms with Gasteiger partial charge < -0.3 is 14.5 Å². The molecule has 1 aliphatic rings. The molecule has 1 aliphatic carbocycles. The van der Waals surface area contributed by atoms with Crippen LogP contribution in [0.4, 0.5) is 0 Å². The van der Waals surface area contributed by atoms with Crippen molar-refractivity contribution in [2.24, 2.45) is 0 Å². The Morgan fingerprint density at radius 2 is 1.82 bits per heavy atom. The number of carbonyl (C=O) groups is 2. The van der Waals surface area contributed by atoms with Crippen LogP contribution < -0.4 is 10.0 Å². The summed E-state index contributed by atoms with van der Waals surface area (Å²) < 4.78 is 37.0. The maximum atomic E-state index is 12.3. The maximum absolute atomic E-state index is 12.3. The minimum absolute atomic E-state index is 0.00887. The van der Waals surface area contributed by atoms with Crippen LogP contribution in [0.1, 0.15) is 41.8 Å². The van der Waals surface area contributed by atoms with Crippen molar-refractivity contribution in [2.45, 2.75) is 43.2 Å². The minimum atomic E-state index is -3.74. The van der Waals surface area contributed by atoms with Gasteiger partial charge in [-0.2, -0.15) is 0 Å². The lowest BCUT2D eigenvalue weighted by molar-refractivity contribution is -0.124. The molecule has 1 aromatic carbocycles. The fraction of sp³-hybridized carbons (Fsp3) is 0.368. The van der Waals surface area contributed by atoms with E-state index in [-0.39, 0.29) is 35.6 Å². The van der Waals surface area contributed by atoms with Gasteiger partial charge in [0, 0.05) is 6.04 Å². The fourth-order valence-corrected chi connectivity index (χ4v) is 3.98. The number of furan rings is 1. The smallest absolute Gasteiger partial charge is 0.338 e. The average molecular weight is 406 g/mol. The zero-order valence-electron chi connectivity index (χ0n) is 15.2. The van der Waals surface area contributed by atoms with Crippen LogP contribution in [0.3, 0.4) is 0 Å². The van der Waals surface area contributed by atoms with Crippen LogP contribution in [0.2, 0.25) is 0 Å². The zero-order chi connectivity index (χ0) is 20.0. The van der Waals surface area contributed by atoms with Crippen molar-refractivity contribution in [3.8, 4) is 0 Å². The van der Waals surface area contributed by atoms with Gasteiger partial charge in [0.1, 0.15) is 5.76 Å². The Labute approximate surface area is 163 Å². The highest BCUT2D eigenvalue weighted by atomic mass is 32.2. The van der Waals surface area contributed by atoms with Gasteiger partial charge in [0.15, 0.2) is 6.61 Å². The first-order valence-electron chi connectivity index (χ1n) is 9.02. The van der Waals surface area contributed by atoms with Crippen molar-refractivity contribution in [3.05, 3.63) is 54.0 Å². The Morgan fingerprint density at radius 3 is 2.46 bits per heavy atom. The average Bonchev–Trinajstić information content (AvgIpc) is 3.39. The molecule has 0 spiro atoms. The van der Waals surface area contributed by atoms with Crippen molar-refractivity contribution < 1.29 is 27.2 Å². The molecule has 8 nitrogen and oxygen atoms in total. The molecular weight excluding hydrogens is 384 g/mol. The second-order valence-corrected chi connectivity index (χ2v) is 8.32. The topological polar surface area (TPSA) is 115 Å². The van der Waals surface area contributed by atoms with Crippen LogP contribution in [0, 0.1) is 0 Å². The molecule has 1 heterocycles. The molecule has 2 N–H and O–H groups in total. The molecule has 0 unspecified atom stereocenters. The van der Waals surface area contributed by atoms with Crippen LogP contribution in [0.25, 0.3) is 0 Å². The van der Waals surface area contributed by atoms with Crippen molar-refractivity contribution in [1.82, 2.24) is 10.0 Å². The molecule has 3 rings (SSSR count). The predicted molar refractivity (Wildman–Crippen MR) is 99.9 cm³/mol. The number of hydrogen-bond acceptors (Lipinski definition) is 6. The monoisotopic (exact) mass is 406 g/mol. The summed E-state index contributed by atoms with van der Waals surface area (Å²) in [7, 11) is -3.74. The lowest BCUT2D eigenvalue weighted by Gasteiger charge is -2.12. The largest absolute Gasteiger partial charge is 0.468 e. The molecule has 0 atom stereocenters. The zero-order valence-corrected chi connectivity index (χ0v) is 16.0. The molecule has 150 valence electrons. The third-order valence-electron chi connectivity index (χ3n) is 4.47. The Morgan fingerprint density at radius 1 is 1.11 bits per heavy atom. The first kappa shape index (κ1) is 20.1. The molecule has 9 heteroatoms. The van der Waals surface area contributed by atoms with E-state index < -0.39 is 16.0 Å². The molecule has 1 aromatic heterocycles. The Hall–Kier alpha value is -2.65. The van der Waals surface area contributed by atoms with E-state index in [1.54, 1.807) is 12.1 Å². The predicted octanol–water partition coefficient (Wildman–Crippen LogP) is 1.97. The highest BCUT2D eigenvalue weighted by molar-refractivity contribution is 7.89. The molecular formula is C19H22N2O6S. The molecule has 1 fully saturated rings. The van der Waals surface area contributed by atoms with E-state index in [2.05, 4.69) is 10.0 Å². The number of carbonyl (C=O) groups excluding carboxylic acids is 2. The minimum Gasteiger partial charge on any atom is -0.468 e. The van der Waals surface area contributed by atoms with Crippen LogP contribution in [0.15, 0.2) is 52.0 Å². The van der Waals surface area contributed by atoms with Crippen LogP contribution in [-0.2, 0) is 26.1 Å². The summed E-state index contributed by atoms with van der Waals surface area (Å²) in [6.45, 7) is -0.338. The highest BCUT2D eigenvalue weighted by Crippen LogP contribution is 2.17. The summed E-state index contributed by atoms with van der Waals surface area (Å²) in [5, 5.41) is 2.83. The SMILES string of the molecule is O=C(COC(=O)c1ccc(S(=O)(=O)NCc2ccco2)cc1)NC1CCCC1. The van der Waals surface area contributed by atoms with E-state index in [4.69, 9.17) is 9.15 Å². The van der Waals surface area contributed by atoms with Gasteiger partial charge in [0.25, 0.3) is 5.91 Å². The normalized spacial score (nSPS) is 14.7. The second-order valence-electron chi connectivity index (χ2n) is 6.55. The van der Waals surface area contributed by atoms with Gasteiger partial charge in [0.2, 0.25) is 10.0 Å². The van der Waals surface area contributed by atoms with E-state index in [9.17, 15) is 18.0 Å². The summed E-state index contributed by atoms with van der Waals surface area (Å²) in [4.78, 5) is 23.9. The second kappa shape index (κ2) is 9.03. The molecule has 0 radical (unpaired) electrons. The van der Waals surface area contributed by atoms with Crippen molar-refractivity contribution >= 4 is 21.9 Å². The standard InChI is InChI=1S/C19H22N2O6S/c22-18(21-15-4-1-2-5-15)13-27-19(23)14-7-9-17(10-8-14)28(24,25)20-12-16-6-3-11-26-16/h3,6-11,15,20H,1-2,4-5,12-13H2,(H,21,22). The summed E-state index contributed by atoms with van der Waals surface area (Å²) in [5.74, 6) is -0.532. The number of hydrogen-bond donors (Lipinski definition) is 2. The quantitative estimate of drug-likeness (QED) is 0.648. The van der Waals surface area contributed by atoms with Gasteiger partial charge in [0.05, 0.1) is 23.3 Å². The van der Waals surface area contributed by atoms with Crippen molar-refractivity contribution in [2.75, 3.05) is 6.61 Å². The van der Waals surface area contributed by atoms with E-state index in [0.29, 0.717) is 5.76 Å². The molecule has 0 aliphatic heterocycles. The molecule has 1 amide bonds. The Balaban J connectivity index is 1.51. The molecule has 0 saturated heterocycles. The van der Waals surface area contributed by atoms with Gasteiger partial charge >= 0.3 is 5.97 Å². The van der Waals surface area contributed by atoms with Gasteiger partial charge in [-0.05, 0) is 49.2 Å². The van der Waals surface area contributed by atoms with Crippen molar-refractivity contribution in [3.63, 3.8) is 0 Å². The molecule has 0 bridgehead atoms. The van der Waals surface area contributed by atoms with Crippen LogP contribution in [0.5, 0.6) is 0 Å². The van der Waals surface area contributed by atoms with Crippen LogP contribution in [-0.4, -0.2) is 32.9 Å². The third kappa shape index (κ3) is 5.43. The van der Waals surface area contributed by atoms with Gasteiger partial charge in [-0.25, -0.2) is 17.9 Å². The van der Waals surface area contributed by atoms with E-state index >= 15 is 0 Å². The number of benzene rings is 1. The first-order chi connectivity index (χ1) is 13.4. The van der Waals surface area contributed by atoms with Gasteiger partial charge in [-0.3, -0.25) is 4.79 Å². The van der Waals surface area contributed by atoms with Gasteiger partial charge in [-0.1, -0.05) is 12.8 Å². The summed E-state index contributed by atoms with van der Waals surface area (Å²) in [6.07, 6.45) is 5.54. The van der Waals surface area contributed by atoms with Crippen molar-refractivity contribution in [1.29, 1.82) is 0 Å². The number of ether oxygens (including phenoxy) is 1. The number of esters is 1. The number of sulfonamides is 1. The third-order valence-corrected chi connectivity index (χ3v) is 5.89. The Bertz CT molecular complexity index is 900. The molecule has 1 saturated carbocycles. The number of nitrogens with one attached hydrogen (secondary N) is 2. The number of rotatable bonds is 8. The summed E-state index contributed by atoms with van der Waals surface area (Å²) in [6, 6.07) is 8.78. The summed E-state index contributed by atoms with van der Waals surface area (Å²) >= 11 is 0.